The van der Waals surface area contributed by atoms with Crippen LogP contribution in [0.25, 0.3) is 10.9 Å². The topological polar surface area (TPSA) is 66.6 Å². The summed E-state index contributed by atoms with van der Waals surface area (Å²) in [5, 5.41) is 4.88. The maximum atomic E-state index is 12.9. The highest BCUT2D eigenvalue weighted by molar-refractivity contribution is 7.80. The fourth-order valence-electron chi connectivity index (χ4n) is 4.04. The van der Waals surface area contributed by atoms with Crippen molar-refractivity contribution in [3.05, 3.63) is 106 Å². The molecule has 1 aliphatic rings. The molecular weight excluding hydrogens is 446 g/mol. The van der Waals surface area contributed by atoms with E-state index in [0.717, 1.165) is 22.9 Å². The van der Waals surface area contributed by atoms with Crippen molar-refractivity contribution in [3.63, 3.8) is 0 Å². The second-order valence-electron chi connectivity index (χ2n) is 8.23. The molecule has 34 heavy (non-hydrogen) atoms. The molecular formula is C27H25N3O3S. The number of nitrogens with one attached hydrogen (secondary N) is 2. The number of H-pyrrole nitrogens is 1. The zero-order valence-electron chi connectivity index (χ0n) is 18.6. The van der Waals surface area contributed by atoms with Crippen molar-refractivity contribution in [2.75, 3.05) is 13.3 Å². The SMILES string of the molecule is O=c1[nH]c2cc3c(cc2cc1CN(Cc1ccccc1)C(=S)NCCc1ccccc1)OCO3. The van der Waals surface area contributed by atoms with Crippen LogP contribution in [0.2, 0.25) is 0 Å². The number of ether oxygens (including phenoxy) is 2. The van der Waals surface area contributed by atoms with E-state index in [1.54, 1.807) is 6.07 Å². The van der Waals surface area contributed by atoms with Crippen LogP contribution >= 0.6 is 12.2 Å². The van der Waals surface area contributed by atoms with Gasteiger partial charge in [-0.15, -0.1) is 0 Å². The van der Waals surface area contributed by atoms with Gasteiger partial charge in [-0.05, 0) is 41.9 Å². The summed E-state index contributed by atoms with van der Waals surface area (Å²) in [5.74, 6) is 1.33. The number of pyridine rings is 1. The van der Waals surface area contributed by atoms with E-state index in [4.69, 9.17) is 21.7 Å². The van der Waals surface area contributed by atoms with Crippen LogP contribution < -0.4 is 20.3 Å². The molecule has 6 nitrogen and oxygen atoms in total. The fourth-order valence-corrected chi connectivity index (χ4v) is 4.27. The van der Waals surface area contributed by atoms with Crippen molar-refractivity contribution in [1.82, 2.24) is 15.2 Å². The van der Waals surface area contributed by atoms with Crippen LogP contribution in [0.15, 0.2) is 83.7 Å². The molecule has 172 valence electrons. The monoisotopic (exact) mass is 471 g/mol. The normalized spacial score (nSPS) is 12.0. The van der Waals surface area contributed by atoms with Gasteiger partial charge >= 0.3 is 0 Å². The largest absolute Gasteiger partial charge is 0.454 e. The molecule has 0 atom stereocenters. The standard InChI is InChI=1S/C27H25N3O3S/c31-26-22(13-21-14-24-25(33-18-32-24)15-23(21)29-26)17-30(16-20-9-5-2-6-10-20)27(34)28-12-11-19-7-3-1-4-8-19/h1-10,13-15H,11-12,16-18H2,(H,28,34)(H,29,31). The van der Waals surface area contributed by atoms with E-state index in [1.807, 2.05) is 53.4 Å². The Morgan fingerprint density at radius 2 is 1.59 bits per heavy atom. The molecule has 4 aromatic rings. The predicted molar refractivity (Wildman–Crippen MR) is 137 cm³/mol. The van der Waals surface area contributed by atoms with E-state index in [-0.39, 0.29) is 12.4 Å². The zero-order chi connectivity index (χ0) is 23.3. The molecule has 2 heterocycles. The molecule has 5 rings (SSSR count). The number of thiocarbonyl (C=S) groups is 1. The molecule has 0 bridgehead atoms. The Morgan fingerprint density at radius 1 is 0.912 bits per heavy atom. The molecule has 1 aromatic heterocycles. The highest BCUT2D eigenvalue weighted by Crippen LogP contribution is 2.35. The van der Waals surface area contributed by atoms with E-state index < -0.39 is 0 Å². The van der Waals surface area contributed by atoms with Gasteiger partial charge in [0.15, 0.2) is 16.6 Å². The molecule has 2 N–H and O–H groups in total. The lowest BCUT2D eigenvalue weighted by Gasteiger charge is -2.26. The smallest absolute Gasteiger partial charge is 0.253 e. The van der Waals surface area contributed by atoms with E-state index in [0.29, 0.717) is 41.8 Å². The Morgan fingerprint density at radius 3 is 2.32 bits per heavy atom. The lowest BCUT2D eigenvalue weighted by Crippen LogP contribution is -2.40. The third-order valence-corrected chi connectivity index (χ3v) is 6.21. The van der Waals surface area contributed by atoms with Gasteiger partial charge in [-0.1, -0.05) is 60.7 Å². The Labute approximate surface area is 203 Å². The summed E-state index contributed by atoms with van der Waals surface area (Å²) in [6, 6.07) is 26.0. The van der Waals surface area contributed by atoms with Crippen LogP contribution in [0.3, 0.4) is 0 Å². The highest BCUT2D eigenvalue weighted by atomic mass is 32.1. The molecule has 1 aliphatic heterocycles. The maximum absolute atomic E-state index is 12.9. The molecule has 0 radical (unpaired) electrons. The van der Waals surface area contributed by atoms with Crippen molar-refractivity contribution >= 4 is 28.2 Å². The van der Waals surface area contributed by atoms with Crippen molar-refractivity contribution in [1.29, 1.82) is 0 Å². The van der Waals surface area contributed by atoms with Gasteiger partial charge in [0.05, 0.1) is 12.1 Å². The molecule has 0 spiro atoms. The molecule has 0 saturated carbocycles. The molecule has 0 unspecified atom stereocenters. The Kier molecular flexibility index (Phi) is 6.44. The minimum absolute atomic E-state index is 0.142. The molecule has 7 heteroatoms. The molecule has 0 fully saturated rings. The summed E-state index contributed by atoms with van der Waals surface area (Å²) < 4.78 is 10.9. The number of nitrogens with zero attached hydrogens (tertiary/aromatic N) is 1. The van der Waals surface area contributed by atoms with Gasteiger partial charge < -0.3 is 24.7 Å². The zero-order valence-corrected chi connectivity index (χ0v) is 19.4. The summed E-state index contributed by atoms with van der Waals surface area (Å²) in [5.41, 5.74) is 3.58. The van der Waals surface area contributed by atoms with Crippen LogP contribution in [-0.4, -0.2) is 28.3 Å². The number of hydrogen-bond donors (Lipinski definition) is 2. The van der Waals surface area contributed by atoms with Crippen LogP contribution in [-0.2, 0) is 19.5 Å². The maximum Gasteiger partial charge on any atom is 0.253 e. The summed E-state index contributed by atoms with van der Waals surface area (Å²) >= 11 is 5.76. The summed E-state index contributed by atoms with van der Waals surface area (Å²) in [6.45, 7) is 1.88. The van der Waals surface area contributed by atoms with E-state index in [9.17, 15) is 4.79 Å². The van der Waals surface area contributed by atoms with Gasteiger partial charge in [0.2, 0.25) is 6.79 Å². The summed E-state index contributed by atoms with van der Waals surface area (Å²) in [6.07, 6.45) is 0.865. The Bertz CT molecular complexity index is 1360. The Hall–Kier alpha value is -3.84. The number of rotatable bonds is 7. The quantitative estimate of drug-likeness (QED) is 0.390. The van der Waals surface area contributed by atoms with Crippen molar-refractivity contribution in [2.45, 2.75) is 19.5 Å². The molecule has 0 aliphatic carbocycles. The minimum atomic E-state index is -0.142. The van der Waals surface area contributed by atoms with Crippen LogP contribution in [0.5, 0.6) is 11.5 Å². The van der Waals surface area contributed by atoms with Gasteiger partial charge in [-0.25, -0.2) is 0 Å². The van der Waals surface area contributed by atoms with Crippen LogP contribution in [0.4, 0.5) is 0 Å². The number of hydrogen-bond acceptors (Lipinski definition) is 4. The van der Waals surface area contributed by atoms with Gasteiger partial charge in [0, 0.05) is 30.1 Å². The minimum Gasteiger partial charge on any atom is -0.454 e. The third kappa shape index (κ3) is 5.05. The second-order valence-corrected chi connectivity index (χ2v) is 8.61. The van der Waals surface area contributed by atoms with E-state index >= 15 is 0 Å². The van der Waals surface area contributed by atoms with Gasteiger partial charge in [0.25, 0.3) is 5.56 Å². The highest BCUT2D eigenvalue weighted by Gasteiger charge is 2.17. The second kappa shape index (κ2) is 9.97. The Balaban J connectivity index is 1.36. The number of aromatic nitrogens is 1. The van der Waals surface area contributed by atoms with Gasteiger partial charge in [0.1, 0.15) is 0 Å². The predicted octanol–water partition coefficient (Wildman–Crippen LogP) is 4.38. The van der Waals surface area contributed by atoms with Gasteiger partial charge in [-0.3, -0.25) is 4.79 Å². The van der Waals surface area contributed by atoms with Crippen molar-refractivity contribution < 1.29 is 9.47 Å². The number of aromatic amines is 1. The van der Waals surface area contributed by atoms with Crippen molar-refractivity contribution in [3.8, 4) is 11.5 Å². The van der Waals surface area contributed by atoms with Crippen molar-refractivity contribution in [2.24, 2.45) is 0 Å². The average Bonchev–Trinajstić information content (AvgIpc) is 3.31. The first-order valence-electron chi connectivity index (χ1n) is 11.2. The van der Waals surface area contributed by atoms with Crippen LogP contribution in [0.1, 0.15) is 16.7 Å². The first-order valence-corrected chi connectivity index (χ1v) is 11.6. The lowest BCUT2D eigenvalue weighted by atomic mass is 10.1. The van der Waals surface area contributed by atoms with Crippen LogP contribution in [0, 0.1) is 0 Å². The fraction of sp³-hybridized carbons (Fsp3) is 0.185. The summed E-state index contributed by atoms with van der Waals surface area (Å²) in [7, 11) is 0. The molecule has 3 aromatic carbocycles. The first kappa shape index (κ1) is 22.0. The first-order chi connectivity index (χ1) is 16.7. The third-order valence-electron chi connectivity index (χ3n) is 5.81. The average molecular weight is 472 g/mol. The van der Waals surface area contributed by atoms with E-state index in [1.165, 1.54) is 5.56 Å². The van der Waals surface area contributed by atoms with Gasteiger partial charge in [-0.2, -0.15) is 0 Å². The number of benzene rings is 3. The molecule has 0 saturated heterocycles. The molecule has 0 amide bonds. The lowest BCUT2D eigenvalue weighted by molar-refractivity contribution is 0.174. The number of fused-ring (bicyclic) bond motifs is 2. The summed E-state index contributed by atoms with van der Waals surface area (Å²) in [4.78, 5) is 17.9. The van der Waals surface area contributed by atoms with E-state index in [2.05, 4.69) is 34.6 Å².